The fourth-order valence-electron chi connectivity index (χ4n) is 1.66. The van der Waals surface area contributed by atoms with Crippen molar-refractivity contribution in [2.45, 2.75) is 25.1 Å². The van der Waals surface area contributed by atoms with Crippen molar-refractivity contribution in [2.24, 2.45) is 0 Å². The molecule has 0 saturated carbocycles. The van der Waals surface area contributed by atoms with Gasteiger partial charge in [0.25, 0.3) is 0 Å². The first-order chi connectivity index (χ1) is 8.93. The van der Waals surface area contributed by atoms with Crippen molar-refractivity contribution in [3.05, 3.63) is 36.0 Å². The quantitative estimate of drug-likeness (QED) is 0.786. The summed E-state index contributed by atoms with van der Waals surface area (Å²) >= 11 is 5.78. The van der Waals surface area contributed by atoms with Crippen LogP contribution in [0.15, 0.2) is 30.5 Å². The predicted molar refractivity (Wildman–Crippen MR) is 67.4 cm³/mol. The molecule has 1 unspecified atom stereocenters. The normalized spacial score (nSPS) is 13.5. The van der Waals surface area contributed by atoms with Crippen molar-refractivity contribution in [1.82, 2.24) is 4.98 Å². The summed E-state index contributed by atoms with van der Waals surface area (Å²) in [6.45, 7) is 0.950. The van der Waals surface area contributed by atoms with Crippen LogP contribution in [-0.2, 0) is 5.88 Å². The van der Waals surface area contributed by atoms with Crippen LogP contribution >= 0.6 is 11.6 Å². The van der Waals surface area contributed by atoms with E-state index in [0.717, 1.165) is 17.9 Å². The molecular formula is C13H11ClF3NO. The Bertz CT molecular complexity index is 586. The van der Waals surface area contributed by atoms with E-state index in [1.807, 2.05) is 0 Å². The third-order valence-corrected chi connectivity index (χ3v) is 3.02. The summed E-state index contributed by atoms with van der Waals surface area (Å²) in [6.07, 6.45) is -4.90. The van der Waals surface area contributed by atoms with E-state index in [4.69, 9.17) is 16.3 Å². The topological polar surface area (TPSA) is 22.1 Å². The van der Waals surface area contributed by atoms with Crippen molar-refractivity contribution >= 4 is 22.4 Å². The second-order valence-corrected chi connectivity index (χ2v) is 4.34. The highest BCUT2D eigenvalue weighted by Gasteiger charge is 2.38. The molecule has 1 aromatic heterocycles. The number of nitrogens with zero attached hydrogens (tertiary/aromatic N) is 1. The molecular weight excluding hydrogens is 279 g/mol. The van der Waals surface area contributed by atoms with Gasteiger partial charge in [-0.2, -0.15) is 13.2 Å². The Morgan fingerprint density at radius 3 is 2.47 bits per heavy atom. The Labute approximate surface area is 113 Å². The van der Waals surface area contributed by atoms with Crippen molar-refractivity contribution in [3.63, 3.8) is 0 Å². The molecule has 0 saturated heterocycles. The van der Waals surface area contributed by atoms with Crippen molar-refractivity contribution < 1.29 is 17.9 Å². The molecule has 0 amide bonds. The summed E-state index contributed by atoms with van der Waals surface area (Å²) in [6, 6.07) is 6.94. The van der Waals surface area contributed by atoms with Crippen LogP contribution in [0.5, 0.6) is 5.88 Å². The summed E-state index contributed by atoms with van der Waals surface area (Å²) in [5.74, 6) is 0.206. The molecule has 1 heterocycles. The number of hydrogen-bond acceptors (Lipinski definition) is 2. The van der Waals surface area contributed by atoms with Gasteiger partial charge in [-0.3, -0.25) is 0 Å². The van der Waals surface area contributed by atoms with Gasteiger partial charge in [0.15, 0.2) is 6.10 Å². The van der Waals surface area contributed by atoms with E-state index in [1.54, 1.807) is 24.3 Å². The predicted octanol–water partition coefficient (Wildman–Crippen LogP) is 4.30. The van der Waals surface area contributed by atoms with E-state index in [2.05, 4.69) is 4.98 Å². The zero-order valence-electron chi connectivity index (χ0n) is 10.0. The highest BCUT2D eigenvalue weighted by atomic mass is 35.5. The Hall–Kier alpha value is -1.49. The van der Waals surface area contributed by atoms with Crippen molar-refractivity contribution in [3.8, 4) is 5.88 Å². The Morgan fingerprint density at radius 2 is 1.89 bits per heavy atom. The lowest BCUT2D eigenvalue weighted by atomic mass is 10.1. The highest BCUT2D eigenvalue weighted by molar-refractivity contribution is 6.18. The smallest absolute Gasteiger partial charge is 0.425 e. The zero-order valence-corrected chi connectivity index (χ0v) is 10.8. The molecule has 2 aromatic rings. The summed E-state index contributed by atoms with van der Waals surface area (Å²) in [7, 11) is 0. The van der Waals surface area contributed by atoms with Crippen molar-refractivity contribution in [2.75, 3.05) is 0 Å². The average Bonchev–Trinajstić information content (AvgIpc) is 2.38. The number of benzene rings is 1. The molecule has 102 valence electrons. The van der Waals surface area contributed by atoms with Crippen LogP contribution in [0.1, 0.15) is 12.5 Å². The van der Waals surface area contributed by atoms with Crippen LogP contribution in [0.2, 0.25) is 0 Å². The number of halogens is 4. The molecule has 1 aromatic carbocycles. The first-order valence-corrected chi connectivity index (χ1v) is 6.13. The van der Waals surface area contributed by atoms with Gasteiger partial charge in [-0.25, -0.2) is 4.98 Å². The van der Waals surface area contributed by atoms with Crippen LogP contribution in [0.3, 0.4) is 0 Å². The van der Waals surface area contributed by atoms with Gasteiger partial charge in [-0.1, -0.05) is 18.2 Å². The fourth-order valence-corrected chi connectivity index (χ4v) is 1.87. The molecule has 0 N–H and O–H groups in total. The molecule has 2 nitrogen and oxygen atoms in total. The number of alkyl halides is 4. The fraction of sp³-hybridized carbons (Fsp3) is 0.308. The van der Waals surface area contributed by atoms with Crippen LogP contribution in [0, 0.1) is 0 Å². The molecule has 1 atom stereocenters. The lowest BCUT2D eigenvalue weighted by Crippen LogP contribution is -2.31. The monoisotopic (exact) mass is 289 g/mol. The second kappa shape index (κ2) is 5.25. The van der Waals surface area contributed by atoms with E-state index < -0.39 is 12.3 Å². The number of pyridine rings is 1. The highest BCUT2D eigenvalue weighted by Crippen LogP contribution is 2.30. The van der Waals surface area contributed by atoms with E-state index in [9.17, 15) is 13.2 Å². The van der Waals surface area contributed by atoms with Gasteiger partial charge in [0.1, 0.15) is 0 Å². The maximum absolute atomic E-state index is 12.5. The second-order valence-electron chi connectivity index (χ2n) is 4.07. The largest absolute Gasteiger partial charge is 0.465 e. The number of fused-ring (bicyclic) bond motifs is 1. The van der Waals surface area contributed by atoms with E-state index in [1.165, 1.54) is 6.20 Å². The van der Waals surface area contributed by atoms with Gasteiger partial charge in [-0.05, 0) is 23.9 Å². The summed E-state index contributed by atoms with van der Waals surface area (Å²) in [4.78, 5) is 3.92. The molecule has 0 fully saturated rings. The van der Waals surface area contributed by atoms with Gasteiger partial charge in [0.05, 0.1) is 0 Å². The van der Waals surface area contributed by atoms with E-state index in [-0.39, 0.29) is 11.8 Å². The minimum absolute atomic E-state index is 0.0331. The average molecular weight is 290 g/mol. The van der Waals surface area contributed by atoms with Gasteiger partial charge in [-0.15, -0.1) is 11.6 Å². The van der Waals surface area contributed by atoms with Crippen LogP contribution in [-0.4, -0.2) is 17.3 Å². The number of rotatable bonds is 3. The number of ether oxygens (including phenoxy) is 1. The maximum Gasteiger partial charge on any atom is 0.425 e. The Kier molecular flexibility index (Phi) is 3.85. The standard InChI is InChI=1S/C13H11ClF3NO/c1-8(13(15,16)17)19-12-11-5-3-2-4-10(11)9(6-14)7-18-12/h2-5,7-8H,6H2,1H3. The zero-order chi connectivity index (χ0) is 14.0. The van der Waals surface area contributed by atoms with Crippen LogP contribution < -0.4 is 4.74 Å². The van der Waals surface area contributed by atoms with Crippen LogP contribution in [0.25, 0.3) is 10.8 Å². The molecule has 0 radical (unpaired) electrons. The number of aromatic nitrogens is 1. The number of hydrogen-bond donors (Lipinski definition) is 0. The third-order valence-electron chi connectivity index (χ3n) is 2.73. The molecule has 0 aliphatic carbocycles. The van der Waals surface area contributed by atoms with Gasteiger partial charge in [0.2, 0.25) is 5.88 Å². The summed E-state index contributed by atoms with van der Waals surface area (Å²) < 4.78 is 42.4. The molecule has 6 heteroatoms. The minimum atomic E-state index is -4.42. The van der Waals surface area contributed by atoms with Gasteiger partial charge >= 0.3 is 6.18 Å². The first-order valence-electron chi connectivity index (χ1n) is 5.59. The SMILES string of the molecule is CC(Oc1ncc(CCl)c2ccccc12)C(F)(F)F. The lowest BCUT2D eigenvalue weighted by molar-refractivity contribution is -0.189. The lowest BCUT2D eigenvalue weighted by Gasteiger charge is -2.18. The maximum atomic E-state index is 12.5. The molecule has 0 bridgehead atoms. The third kappa shape index (κ3) is 2.92. The van der Waals surface area contributed by atoms with Gasteiger partial charge in [0, 0.05) is 17.5 Å². The van der Waals surface area contributed by atoms with Gasteiger partial charge < -0.3 is 4.74 Å². The van der Waals surface area contributed by atoms with E-state index in [0.29, 0.717) is 5.39 Å². The van der Waals surface area contributed by atoms with Crippen LogP contribution in [0.4, 0.5) is 13.2 Å². The molecule has 0 spiro atoms. The minimum Gasteiger partial charge on any atom is -0.465 e. The molecule has 0 aliphatic heterocycles. The Morgan fingerprint density at radius 1 is 1.26 bits per heavy atom. The van der Waals surface area contributed by atoms with E-state index >= 15 is 0 Å². The first kappa shape index (κ1) is 13.9. The molecule has 2 rings (SSSR count). The summed E-state index contributed by atoms with van der Waals surface area (Å²) in [5.41, 5.74) is 0.754. The molecule has 19 heavy (non-hydrogen) atoms. The van der Waals surface area contributed by atoms with Crippen molar-refractivity contribution in [1.29, 1.82) is 0 Å². The molecule has 0 aliphatic rings. The Balaban J connectivity index is 2.45. The summed E-state index contributed by atoms with van der Waals surface area (Å²) in [5, 5.41) is 1.27.